The zero-order valence-electron chi connectivity index (χ0n) is 18.1. The first-order valence-corrected chi connectivity index (χ1v) is 11.4. The second kappa shape index (κ2) is 8.94. The summed E-state index contributed by atoms with van der Waals surface area (Å²) in [5.74, 6) is -1.33. The summed E-state index contributed by atoms with van der Waals surface area (Å²) >= 11 is 1.48. The average molecular weight is 445 g/mol. The Bertz CT molecular complexity index is 1010. The number of aryl methyl sites for hydroxylation is 2. The van der Waals surface area contributed by atoms with Crippen LogP contribution >= 0.6 is 11.3 Å². The minimum Gasteiger partial charge on any atom is -0.507 e. The molecule has 1 unspecified atom stereocenters. The van der Waals surface area contributed by atoms with Crippen LogP contribution in [0.2, 0.25) is 0 Å². The molecule has 31 heavy (non-hydrogen) atoms. The molecule has 1 N–H and O–H groups in total. The van der Waals surface area contributed by atoms with Crippen molar-refractivity contribution in [2.24, 2.45) is 7.05 Å². The molecule has 0 spiro atoms. The number of Topliss-reactive ketones (excluding diaryl/α,β-unsaturated/α-hetero) is 1. The van der Waals surface area contributed by atoms with E-state index in [0.29, 0.717) is 17.8 Å². The quantitative estimate of drug-likeness (QED) is 0.418. The van der Waals surface area contributed by atoms with E-state index in [1.807, 2.05) is 24.4 Å². The molecule has 4 rings (SSSR count). The molecule has 1 atom stereocenters. The second-order valence-corrected chi connectivity index (χ2v) is 8.96. The minimum absolute atomic E-state index is 0.143. The van der Waals surface area contributed by atoms with E-state index in [1.54, 1.807) is 23.6 Å². The fourth-order valence-electron chi connectivity index (χ4n) is 4.39. The number of amides is 1. The molecule has 2 saturated heterocycles. The highest BCUT2D eigenvalue weighted by atomic mass is 32.1. The van der Waals surface area contributed by atoms with Gasteiger partial charge in [-0.05, 0) is 31.7 Å². The van der Waals surface area contributed by atoms with E-state index >= 15 is 0 Å². The Labute approximate surface area is 185 Å². The Morgan fingerprint density at radius 1 is 1.26 bits per heavy atom. The molecule has 2 aromatic rings. The van der Waals surface area contributed by atoms with Gasteiger partial charge in [0.25, 0.3) is 11.7 Å². The van der Waals surface area contributed by atoms with E-state index in [9.17, 15) is 14.7 Å². The van der Waals surface area contributed by atoms with Crippen molar-refractivity contribution in [2.45, 2.75) is 26.3 Å². The molecule has 1 amide bonds. The van der Waals surface area contributed by atoms with Gasteiger partial charge in [-0.1, -0.05) is 6.07 Å². The maximum absolute atomic E-state index is 13.1. The number of ether oxygens (including phenoxy) is 1. The lowest BCUT2D eigenvalue weighted by Crippen LogP contribution is -2.38. The van der Waals surface area contributed by atoms with E-state index in [-0.39, 0.29) is 11.3 Å². The number of nitrogens with zero attached hydrogens (tertiary/aromatic N) is 4. The summed E-state index contributed by atoms with van der Waals surface area (Å²) in [4.78, 5) is 30.9. The highest BCUT2D eigenvalue weighted by molar-refractivity contribution is 7.10. The molecule has 2 aromatic heterocycles. The van der Waals surface area contributed by atoms with E-state index < -0.39 is 17.7 Å². The third kappa shape index (κ3) is 4.05. The van der Waals surface area contributed by atoms with Gasteiger partial charge in [-0.15, -0.1) is 11.3 Å². The van der Waals surface area contributed by atoms with Gasteiger partial charge < -0.3 is 14.7 Å². The number of carbonyl (C=O) groups is 2. The van der Waals surface area contributed by atoms with Crippen LogP contribution in [-0.2, 0) is 21.4 Å². The Morgan fingerprint density at radius 3 is 2.61 bits per heavy atom. The number of aliphatic hydroxyl groups is 1. The van der Waals surface area contributed by atoms with E-state index in [4.69, 9.17) is 4.74 Å². The van der Waals surface area contributed by atoms with Crippen molar-refractivity contribution in [3.63, 3.8) is 0 Å². The van der Waals surface area contributed by atoms with Crippen molar-refractivity contribution < 1.29 is 19.4 Å². The van der Waals surface area contributed by atoms with Crippen LogP contribution in [-0.4, -0.2) is 75.8 Å². The number of aromatic nitrogens is 2. The third-order valence-corrected chi connectivity index (χ3v) is 7.00. The number of ketones is 1. The largest absolute Gasteiger partial charge is 0.507 e. The number of thiophene rings is 1. The summed E-state index contributed by atoms with van der Waals surface area (Å²) in [7, 11) is 1.79. The first-order valence-electron chi connectivity index (χ1n) is 10.5. The molecule has 0 radical (unpaired) electrons. The molecule has 0 aromatic carbocycles. The lowest BCUT2D eigenvalue weighted by atomic mass is 9.99. The molecule has 2 fully saturated rings. The van der Waals surface area contributed by atoms with Crippen molar-refractivity contribution in [2.75, 3.05) is 39.4 Å². The summed E-state index contributed by atoms with van der Waals surface area (Å²) < 4.78 is 7.06. The number of hydrogen-bond acceptors (Lipinski definition) is 7. The lowest BCUT2D eigenvalue weighted by Gasteiger charge is -2.28. The molecule has 2 aliphatic heterocycles. The SMILES string of the molecule is Cc1nn(C)c(C)c1C(O)=C1C(=O)C(=O)N(CCCN2CCOCC2)C1c1cccs1. The van der Waals surface area contributed by atoms with Crippen LogP contribution in [0.25, 0.3) is 5.76 Å². The first-order chi connectivity index (χ1) is 14.9. The van der Waals surface area contributed by atoms with Gasteiger partial charge in [0.15, 0.2) is 0 Å². The smallest absolute Gasteiger partial charge is 0.295 e. The van der Waals surface area contributed by atoms with Crippen LogP contribution in [0.3, 0.4) is 0 Å². The van der Waals surface area contributed by atoms with Gasteiger partial charge in [0.2, 0.25) is 0 Å². The fraction of sp³-hybridized carbons (Fsp3) is 0.500. The summed E-state index contributed by atoms with van der Waals surface area (Å²) in [6.45, 7) is 8.14. The Balaban J connectivity index is 1.66. The van der Waals surface area contributed by atoms with Gasteiger partial charge in [-0.2, -0.15) is 5.10 Å². The Kier molecular flexibility index (Phi) is 6.27. The van der Waals surface area contributed by atoms with Crippen LogP contribution in [0.15, 0.2) is 23.1 Å². The van der Waals surface area contributed by atoms with Crippen molar-refractivity contribution in [1.82, 2.24) is 19.6 Å². The lowest BCUT2D eigenvalue weighted by molar-refractivity contribution is -0.140. The number of hydrogen-bond donors (Lipinski definition) is 1. The molecule has 2 aliphatic rings. The second-order valence-electron chi connectivity index (χ2n) is 7.98. The van der Waals surface area contributed by atoms with Gasteiger partial charge in [0.05, 0.1) is 36.1 Å². The first kappa shape index (κ1) is 21.7. The summed E-state index contributed by atoms with van der Waals surface area (Å²) in [5, 5.41) is 17.5. The zero-order valence-corrected chi connectivity index (χ0v) is 18.9. The van der Waals surface area contributed by atoms with Crippen LogP contribution < -0.4 is 0 Å². The number of rotatable bonds is 6. The molecule has 0 aliphatic carbocycles. The minimum atomic E-state index is -0.634. The van der Waals surface area contributed by atoms with Crippen molar-refractivity contribution >= 4 is 28.8 Å². The molecule has 166 valence electrons. The molecule has 4 heterocycles. The van der Waals surface area contributed by atoms with Gasteiger partial charge in [-0.3, -0.25) is 19.2 Å². The van der Waals surface area contributed by atoms with Crippen LogP contribution in [0.4, 0.5) is 0 Å². The highest BCUT2D eigenvalue weighted by Gasteiger charge is 2.46. The van der Waals surface area contributed by atoms with Crippen molar-refractivity contribution in [3.8, 4) is 0 Å². The van der Waals surface area contributed by atoms with Crippen molar-refractivity contribution in [1.29, 1.82) is 0 Å². The predicted molar refractivity (Wildman–Crippen MR) is 118 cm³/mol. The fourth-order valence-corrected chi connectivity index (χ4v) is 5.24. The molecular formula is C22H28N4O4S. The van der Waals surface area contributed by atoms with E-state index in [2.05, 4.69) is 10.00 Å². The standard InChI is InChI=1S/C22H28N4O4S/c1-14-17(15(2)24(3)23-14)20(27)18-19(16-6-4-13-31-16)26(22(29)21(18)28)8-5-7-25-9-11-30-12-10-25/h4,6,13,19,27H,5,7-12H2,1-3H3. The van der Waals surface area contributed by atoms with Crippen LogP contribution in [0, 0.1) is 13.8 Å². The summed E-state index contributed by atoms with van der Waals surface area (Å²) in [5.41, 5.74) is 2.05. The summed E-state index contributed by atoms with van der Waals surface area (Å²) in [6, 6.07) is 3.23. The van der Waals surface area contributed by atoms with E-state index in [1.165, 1.54) is 11.3 Å². The van der Waals surface area contributed by atoms with Crippen LogP contribution in [0.5, 0.6) is 0 Å². The molecule has 0 saturated carbocycles. The predicted octanol–water partition coefficient (Wildman–Crippen LogP) is 2.24. The Morgan fingerprint density at radius 2 is 2.00 bits per heavy atom. The van der Waals surface area contributed by atoms with Gasteiger partial charge in [0, 0.05) is 43.8 Å². The summed E-state index contributed by atoms with van der Waals surface area (Å²) in [6.07, 6.45) is 0.750. The average Bonchev–Trinajstić information content (AvgIpc) is 3.43. The zero-order chi connectivity index (χ0) is 22.1. The van der Waals surface area contributed by atoms with Crippen LogP contribution in [0.1, 0.15) is 34.3 Å². The van der Waals surface area contributed by atoms with E-state index in [0.717, 1.165) is 49.8 Å². The molecule has 9 heteroatoms. The number of carbonyl (C=O) groups excluding carboxylic acids is 2. The molecule has 0 bridgehead atoms. The van der Waals surface area contributed by atoms with Crippen molar-refractivity contribution in [3.05, 3.63) is 44.9 Å². The number of morpholine rings is 1. The molecular weight excluding hydrogens is 416 g/mol. The third-order valence-electron chi connectivity index (χ3n) is 6.08. The van der Waals surface area contributed by atoms with Gasteiger partial charge in [0.1, 0.15) is 5.76 Å². The Hall–Kier alpha value is -2.49. The van der Waals surface area contributed by atoms with Gasteiger partial charge in [-0.25, -0.2) is 0 Å². The molecule has 8 nitrogen and oxygen atoms in total. The maximum Gasteiger partial charge on any atom is 0.295 e. The topological polar surface area (TPSA) is 87.9 Å². The van der Waals surface area contributed by atoms with Gasteiger partial charge >= 0.3 is 0 Å². The number of likely N-dealkylation sites (tertiary alicyclic amines) is 1. The number of aliphatic hydroxyl groups excluding tert-OH is 1. The highest BCUT2D eigenvalue weighted by Crippen LogP contribution is 2.41. The normalized spacial score (nSPS) is 21.9. The maximum atomic E-state index is 13.1. The monoisotopic (exact) mass is 444 g/mol.